The molecule has 0 amide bonds. The number of hydrogen-bond donors (Lipinski definition) is 1. The third-order valence-corrected chi connectivity index (χ3v) is 5.90. The van der Waals surface area contributed by atoms with E-state index in [0.717, 1.165) is 29.9 Å². The van der Waals surface area contributed by atoms with E-state index >= 15 is 0 Å². The fraction of sp³-hybridized carbons (Fsp3) is 0.217. The second-order valence-electron chi connectivity index (χ2n) is 7.59. The first-order chi connectivity index (χ1) is 14.1. The largest absolute Gasteiger partial charge is 0.350 e. The molecule has 2 aromatic heterocycles. The molecule has 1 N–H and O–H groups in total. The number of aromatic nitrogens is 3. The van der Waals surface area contributed by atoms with E-state index in [1.165, 1.54) is 16.5 Å². The van der Waals surface area contributed by atoms with Crippen molar-refractivity contribution in [2.45, 2.75) is 19.5 Å². The van der Waals surface area contributed by atoms with Gasteiger partial charge in [-0.3, -0.25) is 9.69 Å². The van der Waals surface area contributed by atoms with Gasteiger partial charge in [-0.05, 0) is 42.3 Å². The first-order valence-electron chi connectivity index (χ1n) is 9.72. The summed E-state index contributed by atoms with van der Waals surface area (Å²) in [4.78, 5) is 22.7. The molecule has 0 radical (unpaired) electrons. The topological polar surface area (TPSA) is 53.9 Å². The molecule has 0 unspecified atom stereocenters. The zero-order chi connectivity index (χ0) is 20.0. The lowest BCUT2D eigenvalue weighted by molar-refractivity contribution is 0.241. The van der Waals surface area contributed by atoms with Crippen molar-refractivity contribution in [1.82, 2.24) is 19.4 Å². The molecule has 4 aromatic rings. The van der Waals surface area contributed by atoms with E-state index in [4.69, 9.17) is 16.6 Å². The Balaban J connectivity index is 1.45. The van der Waals surface area contributed by atoms with Crippen LogP contribution in [-0.4, -0.2) is 26.0 Å². The third-order valence-electron chi connectivity index (χ3n) is 5.64. The number of H-pyrrole nitrogens is 1. The van der Waals surface area contributed by atoms with Crippen molar-refractivity contribution in [2.24, 2.45) is 7.05 Å². The third kappa shape index (κ3) is 3.37. The molecule has 1 aliphatic rings. The highest BCUT2D eigenvalue weighted by Crippen LogP contribution is 2.25. The molecule has 3 heterocycles. The van der Waals surface area contributed by atoms with Crippen molar-refractivity contribution < 1.29 is 0 Å². The standard InChI is InChI=1S/C23H21ClN4O/c1-27-12-16(18-4-2-3-5-21(18)27)13-28-11-10-19-20(14-28)25-22(26-23(19)29)15-6-8-17(24)9-7-15/h2-9,12H,10-11,13-14H2,1H3,(H,25,26,29). The monoisotopic (exact) mass is 404 g/mol. The Hall–Kier alpha value is -2.89. The minimum atomic E-state index is -0.0373. The van der Waals surface area contributed by atoms with Gasteiger partial charge in [0.2, 0.25) is 0 Å². The quantitative estimate of drug-likeness (QED) is 0.558. The Morgan fingerprint density at radius 2 is 1.93 bits per heavy atom. The number of aryl methyl sites for hydroxylation is 1. The summed E-state index contributed by atoms with van der Waals surface area (Å²) < 4.78 is 2.17. The molecular weight excluding hydrogens is 384 g/mol. The average molecular weight is 405 g/mol. The molecule has 0 bridgehead atoms. The van der Waals surface area contributed by atoms with Crippen LogP contribution in [0.5, 0.6) is 0 Å². The van der Waals surface area contributed by atoms with Gasteiger partial charge in [0.15, 0.2) is 0 Å². The van der Waals surface area contributed by atoms with Crippen LogP contribution in [0.4, 0.5) is 0 Å². The molecule has 6 heteroatoms. The van der Waals surface area contributed by atoms with Gasteiger partial charge in [-0.1, -0.05) is 29.8 Å². The van der Waals surface area contributed by atoms with Crippen LogP contribution in [0.2, 0.25) is 5.02 Å². The van der Waals surface area contributed by atoms with Gasteiger partial charge in [0.1, 0.15) is 5.82 Å². The number of nitrogens with zero attached hydrogens (tertiary/aromatic N) is 3. The molecular formula is C23H21ClN4O. The number of aromatic amines is 1. The van der Waals surface area contributed by atoms with Gasteiger partial charge in [0, 0.05) is 59.9 Å². The maximum absolute atomic E-state index is 12.6. The average Bonchev–Trinajstić information content (AvgIpc) is 3.04. The van der Waals surface area contributed by atoms with E-state index in [1.54, 1.807) is 0 Å². The second-order valence-corrected chi connectivity index (χ2v) is 8.03. The Labute approximate surface area is 173 Å². The van der Waals surface area contributed by atoms with Crippen molar-refractivity contribution in [3.05, 3.63) is 86.9 Å². The summed E-state index contributed by atoms with van der Waals surface area (Å²) in [6, 6.07) is 15.8. The minimum Gasteiger partial charge on any atom is -0.350 e. The highest BCUT2D eigenvalue weighted by atomic mass is 35.5. The van der Waals surface area contributed by atoms with Gasteiger partial charge in [0.05, 0.1) is 5.69 Å². The summed E-state index contributed by atoms with van der Waals surface area (Å²) in [5.74, 6) is 0.595. The van der Waals surface area contributed by atoms with Gasteiger partial charge in [0.25, 0.3) is 5.56 Å². The smallest absolute Gasteiger partial charge is 0.254 e. The van der Waals surface area contributed by atoms with E-state index in [0.29, 0.717) is 23.8 Å². The van der Waals surface area contributed by atoms with Crippen LogP contribution in [-0.2, 0) is 26.6 Å². The number of hydrogen-bond acceptors (Lipinski definition) is 3. The van der Waals surface area contributed by atoms with E-state index in [9.17, 15) is 4.79 Å². The van der Waals surface area contributed by atoms with Gasteiger partial charge in [-0.25, -0.2) is 4.98 Å². The molecule has 5 rings (SSSR count). The van der Waals surface area contributed by atoms with E-state index in [-0.39, 0.29) is 5.56 Å². The molecule has 146 valence electrons. The molecule has 0 fully saturated rings. The first kappa shape index (κ1) is 18.2. The summed E-state index contributed by atoms with van der Waals surface area (Å²) in [5.41, 5.74) is 5.03. The second kappa shape index (κ2) is 7.17. The lowest BCUT2D eigenvalue weighted by atomic mass is 10.0. The maximum Gasteiger partial charge on any atom is 0.254 e. The Bertz CT molecular complexity index is 1260. The van der Waals surface area contributed by atoms with Crippen LogP contribution in [0.3, 0.4) is 0 Å². The lowest BCUT2D eigenvalue weighted by Crippen LogP contribution is -2.35. The van der Waals surface area contributed by atoms with Gasteiger partial charge in [-0.15, -0.1) is 0 Å². The molecule has 0 atom stereocenters. The first-order valence-corrected chi connectivity index (χ1v) is 10.1. The molecule has 0 saturated carbocycles. The molecule has 1 aliphatic heterocycles. The molecule has 5 nitrogen and oxygen atoms in total. The van der Waals surface area contributed by atoms with E-state index < -0.39 is 0 Å². The summed E-state index contributed by atoms with van der Waals surface area (Å²) >= 11 is 5.98. The Morgan fingerprint density at radius 1 is 1.14 bits per heavy atom. The molecule has 0 saturated heterocycles. The highest BCUT2D eigenvalue weighted by molar-refractivity contribution is 6.30. The fourth-order valence-electron chi connectivity index (χ4n) is 4.17. The number of halogens is 1. The SMILES string of the molecule is Cn1cc(CN2CCc3c(nc(-c4ccc(Cl)cc4)[nH]c3=O)C2)c2ccccc21. The van der Waals surface area contributed by atoms with Crippen molar-refractivity contribution in [2.75, 3.05) is 6.54 Å². The Morgan fingerprint density at radius 3 is 2.76 bits per heavy atom. The lowest BCUT2D eigenvalue weighted by Gasteiger charge is -2.27. The minimum absolute atomic E-state index is 0.0373. The number of para-hydroxylation sites is 1. The number of benzene rings is 2. The van der Waals surface area contributed by atoms with Crippen LogP contribution in [0, 0.1) is 0 Å². The summed E-state index contributed by atoms with van der Waals surface area (Å²) in [6.07, 6.45) is 2.91. The van der Waals surface area contributed by atoms with Crippen LogP contribution >= 0.6 is 11.6 Å². The molecule has 0 spiro atoms. The fourth-order valence-corrected chi connectivity index (χ4v) is 4.29. The summed E-state index contributed by atoms with van der Waals surface area (Å²) in [6.45, 7) is 2.36. The van der Waals surface area contributed by atoms with Crippen LogP contribution in [0.15, 0.2) is 59.5 Å². The number of nitrogens with one attached hydrogen (secondary N) is 1. The summed E-state index contributed by atoms with van der Waals surface area (Å²) in [5, 5.41) is 1.94. The molecule has 2 aromatic carbocycles. The van der Waals surface area contributed by atoms with Crippen molar-refractivity contribution >= 4 is 22.5 Å². The van der Waals surface area contributed by atoms with Crippen molar-refractivity contribution in [1.29, 1.82) is 0 Å². The predicted octanol–water partition coefficient (Wildman–Crippen LogP) is 4.14. The van der Waals surface area contributed by atoms with Crippen molar-refractivity contribution in [3.63, 3.8) is 0 Å². The normalized spacial score (nSPS) is 14.3. The zero-order valence-corrected chi connectivity index (χ0v) is 16.9. The van der Waals surface area contributed by atoms with Crippen molar-refractivity contribution in [3.8, 4) is 11.4 Å². The maximum atomic E-state index is 12.6. The van der Waals surface area contributed by atoms with Gasteiger partial charge < -0.3 is 9.55 Å². The predicted molar refractivity (Wildman–Crippen MR) is 116 cm³/mol. The highest BCUT2D eigenvalue weighted by Gasteiger charge is 2.22. The van der Waals surface area contributed by atoms with Gasteiger partial charge in [-0.2, -0.15) is 0 Å². The van der Waals surface area contributed by atoms with Gasteiger partial charge >= 0.3 is 0 Å². The van der Waals surface area contributed by atoms with E-state index in [2.05, 4.69) is 52.0 Å². The Kier molecular flexibility index (Phi) is 4.49. The van der Waals surface area contributed by atoms with Crippen LogP contribution in [0.1, 0.15) is 16.8 Å². The summed E-state index contributed by atoms with van der Waals surface area (Å²) in [7, 11) is 2.08. The number of fused-ring (bicyclic) bond motifs is 2. The zero-order valence-electron chi connectivity index (χ0n) is 16.2. The van der Waals surface area contributed by atoms with E-state index in [1.807, 2.05) is 24.3 Å². The van der Waals surface area contributed by atoms with Crippen LogP contribution in [0.25, 0.3) is 22.3 Å². The molecule has 0 aliphatic carbocycles. The number of rotatable bonds is 3. The molecule has 29 heavy (non-hydrogen) atoms. The van der Waals surface area contributed by atoms with Crippen LogP contribution < -0.4 is 5.56 Å².